The van der Waals surface area contributed by atoms with Crippen molar-refractivity contribution in [2.45, 2.75) is 70.6 Å². The number of benzene rings is 4. The Labute approximate surface area is 363 Å². The minimum atomic E-state index is -0.184. The molecule has 11 rings (SSSR count). The highest BCUT2D eigenvalue weighted by molar-refractivity contribution is 7.16. The van der Waals surface area contributed by atoms with Crippen molar-refractivity contribution < 1.29 is 0 Å². The van der Waals surface area contributed by atoms with Crippen molar-refractivity contribution in [1.82, 2.24) is 20.9 Å². The Morgan fingerprint density at radius 3 is 2.07 bits per heavy atom. The highest BCUT2D eigenvalue weighted by Crippen LogP contribution is 2.53. The lowest BCUT2D eigenvalue weighted by Gasteiger charge is -2.35. The summed E-state index contributed by atoms with van der Waals surface area (Å²) in [5, 5.41) is 11.4. The molecule has 3 atom stereocenters. The fraction of sp³-hybridized carbons (Fsp3) is 0.204. The van der Waals surface area contributed by atoms with Crippen LogP contribution >= 0.6 is 11.3 Å². The fourth-order valence-electron chi connectivity index (χ4n) is 9.81. The second-order valence-electron chi connectivity index (χ2n) is 17.0. The van der Waals surface area contributed by atoms with Crippen molar-refractivity contribution in [3.63, 3.8) is 0 Å². The first-order chi connectivity index (χ1) is 29.8. The van der Waals surface area contributed by atoms with Gasteiger partial charge >= 0.3 is 0 Å². The van der Waals surface area contributed by atoms with Crippen molar-refractivity contribution in [3.05, 3.63) is 219 Å². The number of hydrogen-bond acceptors (Lipinski definition) is 7. The predicted octanol–water partition coefficient (Wildman–Crippen LogP) is 11.8. The summed E-state index contributed by atoms with van der Waals surface area (Å²) in [6.07, 6.45) is 10.3. The summed E-state index contributed by atoms with van der Waals surface area (Å²) in [5.41, 5.74) is 16.5. The highest BCUT2D eigenvalue weighted by atomic mass is 32.1. The Bertz CT molecular complexity index is 2850. The molecule has 5 aliphatic rings. The van der Waals surface area contributed by atoms with Crippen LogP contribution in [0.3, 0.4) is 0 Å². The summed E-state index contributed by atoms with van der Waals surface area (Å²) >= 11 is 1.82. The highest BCUT2D eigenvalue weighted by Gasteiger charge is 2.46. The van der Waals surface area contributed by atoms with Crippen LogP contribution in [0.15, 0.2) is 185 Å². The Balaban J connectivity index is 0.00000220. The first kappa shape index (κ1) is 38.6. The van der Waals surface area contributed by atoms with Gasteiger partial charge in [-0.2, -0.15) is 0 Å². The van der Waals surface area contributed by atoms with Crippen LogP contribution in [0.1, 0.15) is 97.6 Å². The molecule has 0 spiro atoms. The number of aliphatic imine (C=N–C) groups is 2. The number of pyridine rings is 1. The monoisotopic (exact) mass is 814 g/mol. The van der Waals surface area contributed by atoms with Gasteiger partial charge in [-0.3, -0.25) is 15.0 Å². The SMILES string of the molecule is CC.CC1(C)C2=C(C3C=CC(c4ccc(-c5ccc(C6N=C(c7cccnc7)NC7=C6C(C)(C)c6ccccc67)cc5)s4)=CN3)NC(c3ccccc3)N=C2c2ccccc21. The lowest BCUT2D eigenvalue weighted by atomic mass is 9.76. The molecular weight excluding hydrogens is 765 g/mol. The van der Waals surface area contributed by atoms with E-state index in [1.807, 2.05) is 37.4 Å². The van der Waals surface area contributed by atoms with Gasteiger partial charge in [0.1, 0.15) is 18.0 Å². The molecule has 3 unspecified atom stereocenters. The second-order valence-corrected chi connectivity index (χ2v) is 18.1. The van der Waals surface area contributed by atoms with Gasteiger partial charge in [-0.05, 0) is 57.7 Å². The lowest BCUT2D eigenvalue weighted by Crippen LogP contribution is -2.41. The standard InChI is InChI=1S/C52H44N6S.C2H6/c1-51(2)38-18-10-8-16-36(38)46-43(51)45(55-50(57-46)35-15-12-28-53-29-35)32-22-20-31(21-23-32)41-26-27-42(59-41)34-24-25-40(54-30-34)48-44-47(37-17-9-11-19-39(37)52(44,3)4)56-49(58-48)33-13-6-5-7-14-33;1-2/h5-30,40,45,49,54,58H,1-4H3,(H,55,57);1-2H3. The molecule has 3 aliphatic heterocycles. The molecule has 2 aliphatic carbocycles. The maximum Gasteiger partial charge on any atom is 0.145 e. The molecule has 5 heterocycles. The van der Waals surface area contributed by atoms with Gasteiger partial charge in [0.15, 0.2) is 0 Å². The molecular formula is C54H50N6S. The number of aromatic nitrogens is 1. The smallest absolute Gasteiger partial charge is 0.145 e. The lowest BCUT2D eigenvalue weighted by molar-refractivity contribution is 0.541. The minimum Gasteiger partial charge on any atom is -0.379 e. The van der Waals surface area contributed by atoms with E-state index in [2.05, 4.69) is 188 Å². The van der Waals surface area contributed by atoms with Crippen LogP contribution < -0.4 is 16.0 Å². The number of nitrogens with one attached hydrogen (secondary N) is 3. The van der Waals surface area contributed by atoms with Crippen molar-refractivity contribution in [1.29, 1.82) is 0 Å². The molecule has 3 N–H and O–H groups in total. The van der Waals surface area contributed by atoms with Gasteiger partial charge < -0.3 is 16.0 Å². The number of allylic oxidation sites excluding steroid dienone is 3. The van der Waals surface area contributed by atoms with Gasteiger partial charge in [0.2, 0.25) is 0 Å². The van der Waals surface area contributed by atoms with E-state index in [9.17, 15) is 0 Å². The number of thiophene rings is 1. The number of dihydropyridines is 1. The average molecular weight is 815 g/mol. The molecule has 0 radical (unpaired) electrons. The molecule has 7 heteroatoms. The van der Waals surface area contributed by atoms with E-state index >= 15 is 0 Å². The molecule has 302 valence electrons. The molecule has 0 fully saturated rings. The molecule has 6 aromatic rings. The topological polar surface area (TPSA) is 73.7 Å². The zero-order chi connectivity index (χ0) is 41.9. The summed E-state index contributed by atoms with van der Waals surface area (Å²) in [4.78, 5) is 17.6. The summed E-state index contributed by atoms with van der Waals surface area (Å²) in [6.45, 7) is 13.3. The first-order valence-electron chi connectivity index (χ1n) is 21.4. The summed E-state index contributed by atoms with van der Waals surface area (Å²) in [5.74, 6) is 0.851. The third-order valence-corrected chi connectivity index (χ3v) is 14.0. The van der Waals surface area contributed by atoms with Crippen LogP contribution in [0.4, 0.5) is 0 Å². The third kappa shape index (κ3) is 6.41. The van der Waals surface area contributed by atoms with E-state index in [1.54, 1.807) is 6.20 Å². The van der Waals surface area contributed by atoms with E-state index in [0.29, 0.717) is 0 Å². The molecule has 0 bridgehead atoms. The summed E-state index contributed by atoms with van der Waals surface area (Å²) in [6, 6.07) is 45.5. The Kier molecular flexibility index (Phi) is 9.60. The number of amidine groups is 1. The van der Waals surface area contributed by atoms with E-state index < -0.39 is 0 Å². The fourth-order valence-corrected chi connectivity index (χ4v) is 10.8. The van der Waals surface area contributed by atoms with Crippen LogP contribution in [0.25, 0.3) is 21.7 Å². The largest absolute Gasteiger partial charge is 0.379 e. The van der Waals surface area contributed by atoms with Crippen molar-refractivity contribution in [3.8, 4) is 10.4 Å². The van der Waals surface area contributed by atoms with Gasteiger partial charge in [-0.1, -0.05) is 157 Å². The van der Waals surface area contributed by atoms with Gasteiger partial charge in [-0.15, -0.1) is 11.3 Å². The predicted molar refractivity (Wildman–Crippen MR) is 254 cm³/mol. The van der Waals surface area contributed by atoms with Crippen molar-refractivity contribution in [2.24, 2.45) is 9.98 Å². The van der Waals surface area contributed by atoms with Crippen molar-refractivity contribution >= 4 is 34.2 Å². The van der Waals surface area contributed by atoms with E-state index in [4.69, 9.17) is 9.98 Å². The Morgan fingerprint density at radius 1 is 0.639 bits per heavy atom. The molecule has 0 saturated heterocycles. The number of rotatable bonds is 6. The molecule has 0 amide bonds. The minimum absolute atomic E-state index is 0.0180. The maximum atomic E-state index is 5.38. The average Bonchev–Trinajstić information content (AvgIpc) is 3.97. The summed E-state index contributed by atoms with van der Waals surface area (Å²) in [7, 11) is 0. The summed E-state index contributed by atoms with van der Waals surface area (Å²) < 4.78 is 0. The quantitative estimate of drug-likeness (QED) is 0.157. The van der Waals surface area contributed by atoms with E-state index in [1.165, 1.54) is 71.2 Å². The van der Waals surface area contributed by atoms with Crippen LogP contribution in [-0.4, -0.2) is 22.6 Å². The number of fused-ring (bicyclic) bond motifs is 5. The molecule has 4 aromatic carbocycles. The van der Waals surface area contributed by atoms with Crippen molar-refractivity contribution in [2.75, 3.05) is 0 Å². The number of hydrogen-bond donors (Lipinski definition) is 3. The van der Waals surface area contributed by atoms with E-state index in [0.717, 1.165) is 22.7 Å². The normalized spacial score (nSPS) is 21.2. The molecule has 2 aromatic heterocycles. The van der Waals surface area contributed by atoms with Crippen LogP contribution in [-0.2, 0) is 10.8 Å². The molecule has 0 saturated carbocycles. The van der Waals surface area contributed by atoms with Crippen LogP contribution in [0.5, 0.6) is 0 Å². The van der Waals surface area contributed by atoms with E-state index in [-0.39, 0.29) is 29.1 Å². The molecule has 6 nitrogen and oxygen atoms in total. The maximum absolute atomic E-state index is 5.38. The Morgan fingerprint density at radius 2 is 1.34 bits per heavy atom. The Hall–Kier alpha value is -6.57. The second kappa shape index (κ2) is 15.2. The van der Waals surface area contributed by atoms with Gasteiger partial charge in [0.05, 0.1) is 11.8 Å². The van der Waals surface area contributed by atoms with Crippen LogP contribution in [0.2, 0.25) is 0 Å². The zero-order valence-corrected chi connectivity index (χ0v) is 36.3. The third-order valence-electron chi connectivity index (χ3n) is 12.8. The zero-order valence-electron chi connectivity index (χ0n) is 35.5. The first-order valence-corrected chi connectivity index (χ1v) is 22.3. The van der Waals surface area contributed by atoms with Gasteiger partial charge in [-0.25, -0.2) is 0 Å². The van der Waals surface area contributed by atoms with Gasteiger partial charge in [0.25, 0.3) is 0 Å². The number of nitrogens with zero attached hydrogens (tertiary/aromatic N) is 3. The van der Waals surface area contributed by atoms with Crippen LogP contribution in [0, 0.1) is 0 Å². The van der Waals surface area contributed by atoms with Gasteiger partial charge in [0, 0.05) is 78.4 Å². The molecule has 61 heavy (non-hydrogen) atoms.